The Hall–Kier alpha value is -4.01. The van der Waals surface area contributed by atoms with Gasteiger partial charge in [-0.3, -0.25) is 19.3 Å². The van der Waals surface area contributed by atoms with E-state index in [1.54, 1.807) is 39.8 Å². The van der Waals surface area contributed by atoms with Crippen LogP contribution in [0.15, 0.2) is 59.5 Å². The van der Waals surface area contributed by atoms with E-state index in [1.165, 1.54) is 23.5 Å². The average Bonchev–Trinajstić information content (AvgIpc) is 3.27. The number of carbonyl (C=O) groups excluding carboxylic acids is 4. The number of imide groups is 1. The molecule has 0 bridgehead atoms. The monoisotopic (exact) mass is 687 g/mol. The van der Waals surface area contributed by atoms with Gasteiger partial charge in [-0.2, -0.15) is 4.31 Å². The number of benzene rings is 2. The number of carbonyl (C=O) groups is 4. The molecule has 48 heavy (non-hydrogen) atoms. The largest absolute Gasteiger partial charge is 0.497 e. The van der Waals surface area contributed by atoms with Gasteiger partial charge in [0.05, 0.1) is 24.2 Å². The Morgan fingerprint density at radius 1 is 0.938 bits per heavy atom. The Morgan fingerprint density at radius 2 is 1.56 bits per heavy atom. The molecular weight excluding hydrogens is 638 g/mol. The zero-order chi connectivity index (χ0) is 35.8. The molecule has 0 aliphatic carbocycles. The topological polar surface area (TPSA) is 166 Å². The standard InChI is InChI=1S/C34H49N5O8S/c1-22(2)18-37(48(45,46)27-15-13-26(47-7)14-16-27)19-29(40)28(17-25-11-9-8-10-12-25)36-33(43)32(23(3)4)39-21-31(42)38(34(39)44)20-30(41)35-24(5)6/h8-16,22-24,28-29,32,40H,17-21H2,1-7H3,(H,35,41)(H,36,43)/t28-,29+,32?/m0/s1. The van der Waals surface area contributed by atoms with Crippen molar-refractivity contribution in [1.82, 2.24) is 24.7 Å². The predicted octanol–water partition coefficient (Wildman–Crippen LogP) is 2.24. The first kappa shape index (κ1) is 38.4. The fourth-order valence-electron chi connectivity index (χ4n) is 5.58. The molecule has 1 fully saturated rings. The first-order chi connectivity index (χ1) is 22.5. The number of ether oxygens (including phenoxy) is 1. The lowest BCUT2D eigenvalue weighted by Crippen LogP contribution is -2.57. The molecule has 1 heterocycles. The van der Waals surface area contributed by atoms with E-state index in [9.17, 15) is 32.7 Å². The highest BCUT2D eigenvalue weighted by Crippen LogP contribution is 2.23. The van der Waals surface area contributed by atoms with Crippen LogP contribution in [-0.2, 0) is 30.8 Å². The van der Waals surface area contributed by atoms with Crippen LogP contribution >= 0.6 is 0 Å². The van der Waals surface area contributed by atoms with Crippen LogP contribution in [-0.4, -0.2) is 109 Å². The van der Waals surface area contributed by atoms with E-state index in [0.29, 0.717) is 5.75 Å². The van der Waals surface area contributed by atoms with E-state index in [-0.39, 0.29) is 36.4 Å². The van der Waals surface area contributed by atoms with Crippen molar-refractivity contribution in [3.8, 4) is 5.75 Å². The second-order valence-electron chi connectivity index (χ2n) is 13.1. The maximum Gasteiger partial charge on any atom is 0.328 e. The van der Waals surface area contributed by atoms with Gasteiger partial charge in [0.1, 0.15) is 24.9 Å². The van der Waals surface area contributed by atoms with Gasteiger partial charge in [0.15, 0.2) is 0 Å². The van der Waals surface area contributed by atoms with E-state index in [2.05, 4.69) is 10.6 Å². The minimum Gasteiger partial charge on any atom is -0.497 e. The van der Waals surface area contributed by atoms with Gasteiger partial charge in [0.25, 0.3) is 5.91 Å². The Morgan fingerprint density at radius 3 is 2.10 bits per heavy atom. The number of sulfonamides is 1. The number of hydrogen-bond acceptors (Lipinski definition) is 8. The van der Waals surface area contributed by atoms with E-state index in [4.69, 9.17) is 4.74 Å². The zero-order valence-electron chi connectivity index (χ0n) is 28.8. The fraction of sp³-hybridized carbons (Fsp3) is 0.529. The summed E-state index contributed by atoms with van der Waals surface area (Å²) in [5.74, 6) is -1.76. The van der Waals surface area contributed by atoms with Crippen LogP contribution in [0.5, 0.6) is 5.75 Å². The number of methoxy groups -OCH3 is 1. The maximum atomic E-state index is 14.0. The number of nitrogens with one attached hydrogen (secondary N) is 2. The summed E-state index contributed by atoms with van der Waals surface area (Å²) in [6.07, 6.45) is -1.20. The van der Waals surface area contributed by atoms with Gasteiger partial charge < -0.3 is 25.4 Å². The molecule has 13 nitrogen and oxygen atoms in total. The summed E-state index contributed by atoms with van der Waals surface area (Å²) in [7, 11) is -2.57. The molecule has 0 radical (unpaired) electrons. The van der Waals surface area contributed by atoms with Crippen LogP contribution < -0.4 is 15.4 Å². The van der Waals surface area contributed by atoms with Crippen molar-refractivity contribution in [2.24, 2.45) is 11.8 Å². The Balaban J connectivity index is 1.89. The smallest absolute Gasteiger partial charge is 0.328 e. The van der Waals surface area contributed by atoms with E-state index in [1.807, 2.05) is 44.2 Å². The molecule has 3 rings (SSSR count). The number of hydrogen-bond donors (Lipinski definition) is 3. The molecule has 0 saturated carbocycles. The minimum atomic E-state index is -4.05. The molecule has 264 valence electrons. The zero-order valence-corrected chi connectivity index (χ0v) is 29.6. The highest BCUT2D eigenvalue weighted by molar-refractivity contribution is 7.89. The lowest BCUT2D eigenvalue weighted by atomic mass is 9.97. The van der Waals surface area contributed by atoms with Crippen LogP contribution in [0, 0.1) is 11.8 Å². The molecule has 1 unspecified atom stereocenters. The van der Waals surface area contributed by atoms with Crippen LogP contribution in [0.4, 0.5) is 4.79 Å². The summed E-state index contributed by atoms with van der Waals surface area (Å²) in [6, 6.07) is 12.1. The fourth-order valence-corrected chi connectivity index (χ4v) is 7.20. The summed E-state index contributed by atoms with van der Waals surface area (Å²) in [4.78, 5) is 54.5. The Kier molecular flexibility index (Phi) is 13.5. The first-order valence-corrected chi connectivity index (χ1v) is 17.6. The summed E-state index contributed by atoms with van der Waals surface area (Å²) >= 11 is 0. The van der Waals surface area contributed by atoms with Crippen LogP contribution in [0.2, 0.25) is 0 Å². The molecule has 1 aliphatic rings. The van der Waals surface area contributed by atoms with E-state index in [0.717, 1.165) is 15.4 Å². The lowest BCUT2D eigenvalue weighted by Gasteiger charge is -2.34. The highest BCUT2D eigenvalue weighted by atomic mass is 32.2. The number of aliphatic hydroxyl groups excluding tert-OH is 1. The Bertz CT molecular complexity index is 1520. The second-order valence-corrected chi connectivity index (χ2v) is 15.0. The quantitative estimate of drug-likeness (QED) is 0.213. The summed E-state index contributed by atoms with van der Waals surface area (Å²) in [5.41, 5.74) is 0.783. The molecule has 14 heteroatoms. The SMILES string of the molecule is COc1ccc(S(=O)(=O)N(CC(C)C)C[C@@H](O)[C@H](Cc2ccccc2)NC(=O)C(C(C)C)N2CC(=O)N(CC(=O)NC(C)C)C2=O)cc1. The first-order valence-electron chi connectivity index (χ1n) is 16.1. The van der Waals surface area contributed by atoms with Crippen LogP contribution in [0.25, 0.3) is 0 Å². The highest BCUT2D eigenvalue weighted by Gasteiger charge is 2.45. The number of aliphatic hydroxyl groups is 1. The number of urea groups is 1. The molecule has 3 N–H and O–H groups in total. The maximum absolute atomic E-state index is 14.0. The molecule has 0 aromatic heterocycles. The van der Waals surface area contributed by atoms with E-state index < -0.39 is 71.0 Å². The lowest BCUT2D eigenvalue weighted by molar-refractivity contribution is -0.131. The summed E-state index contributed by atoms with van der Waals surface area (Å²) in [6.45, 7) is 9.62. The number of amides is 5. The molecule has 2 aromatic rings. The third kappa shape index (κ3) is 10.0. The van der Waals surface area contributed by atoms with Gasteiger partial charge in [-0.1, -0.05) is 58.0 Å². The molecule has 1 saturated heterocycles. The number of rotatable bonds is 17. The summed E-state index contributed by atoms with van der Waals surface area (Å²) < 4.78 is 33.9. The Labute approximate surface area is 283 Å². The van der Waals surface area contributed by atoms with Gasteiger partial charge in [-0.05, 0) is 61.9 Å². The van der Waals surface area contributed by atoms with Crippen LogP contribution in [0.1, 0.15) is 47.1 Å². The molecule has 0 spiro atoms. The van der Waals surface area contributed by atoms with Crippen molar-refractivity contribution >= 4 is 33.8 Å². The number of nitrogens with zero attached hydrogens (tertiary/aromatic N) is 3. The summed E-state index contributed by atoms with van der Waals surface area (Å²) in [5, 5.41) is 17.2. The third-order valence-corrected chi connectivity index (χ3v) is 9.66. The van der Waals surface area contributed by atoms with Crippen molar-refractivity contribution in [1.29, 1.82) is 0 Å². The van der Waals surface area contributed by atoms with Crippen molar-refractivity contribution in [2.45, 2.75) is 77.1 Å². The van der Waals surface area contributed by atoms with Gasteiger partial charge in [0.2, 0.25) is 21.8 Å². The predicted molar refractivity (Wildman–Crippen MR) is 180 cm³/mol. The molecule has 5 amide bonds. The molecule has 2 aromatic carbocycles. The molecule has 3 atom stereocenters. The van der Waals surface area contributed by atoms with Crippen molar-refractivity contribution in [2.75, 3.05) is 33.3 Å². The van der Waals surface area contributed by atoms with Gasteiger partial charge in [-0.15, -0.1) is 0 Å². The minimum absolute atomic E-state index is 0.0310. The van der Waals surface area contributed by atoms with Crippen molar-refractivity contribution in [3.05, 3.63) is 60.2 Å². The van der Waals surface area contributed by atoms with E-state index >= 15 is 0 Å². The molecule has 1 aliphatic heterocycles. The van der Waals surface area contributed by atoms with Crippen molar-refractivity contribution in [3.63, 3.8) is 0 Å². The second kappa shape index (κ2) is 16.9. The van der Waals surface area contributed by atoms with Gasteiger partial charge >= 0.3 is 6.03 Å². The average molecular weight is 688 g/mol. The van der Waals surface area contributed by atoms with Gasteiger partial charge in [-0.25, -0.2) is 13.2 Å². The molecular formula is C34H49N5O8S. The van der Waals surface area contributed by atoms with Crippen molar-refractivity contribution < 1.29 is 37.4 Å². The van der Waals surface area contributed by atoms with Crippen LogP contribution in [0.3, 0.4) is 0 Å². The normalized spacial score (nSPS) is 15.8. The van der Waals surface area contributed by atoms with Gasteiger partial charge in [0, 0.05) is 19.1 Å². The third-order valence-electron chi connectivity index (χ3n) is 7.82.